The molecule has 5 aromatic rings. The highest BCUT2D eigenvalue weighted by atomic mass is 35.5. The molecule has 324 valence electrons. The number of phenols is 1. The number of aliphatic hydroxyl groups is 1. The maximum absolute atomic E-state index is 13.5. The summed E-state index contributed by atoms with van der Waals surface area (Å²) in [6.07, 6.45) is 3.38. The molecule has 1 atom stereocenters. The molecule has 0 saturated heterocycles. The number of hydrogen-bond acceptors (Lipinski definition) is 12. The molecule has 6 rings (SSSR count). The summed E-state index contributed by atoms with van der Waals surface area (Å²) in [5.74, 6) is 0.572. The highest BCUT2D eigenvalue weighted by molar-refractivity contribution is 7.12. The number of nitrogens with one attached hydrogen (secondary N) is 2. The van der Waals surface area contributed by atoms with Crippen molar-refractivity contribution in [1.29, 1.82) is 0 Å². The van der Waals surface area contributed by atoms with Gasteiger partial charge in [0.05, 0.1) is 40.1 Å². The van der Waals surface area contributed by atoms with Crippen LogP contribution in [0.2, 0.25) is 23.2 Å². The van der Waals surface area contributed by atoms with Gasteiger partial charge in [-0.25, -0.2) is 4.79 Å². The Hall–Kier alpha value is -3.73. The summed E-state index contributed by atoms with van der Waals surface area (Å²) in [6.45, 7) is 13.1. The summed E-state index contributed by atoms with van der Waals surface area (Å²) in [4.78, 5) is 31.9. The van der Waals surface area contributed by atoms with E-state index in [1.54, 1.807) is 31.4 Å². The number of pyridine rings is 1. The third-order valence-electron chi connectivity index (χ3n) is 12.0. The van der Waals surface area contributed by atoms with Crippen LogP contribution in [0.5, 0.6) is 17.2 Å². The van der Waals surface area contributed by atoms with Crippen LogP contribution >= 0.6 is 34.3 Å². The van der Waals surface area contributed by atoms with E-state index in [1.807, 2.05) is 41.1 Å². The number of aromatic hydroxyl groups is 1. The standard InChI is InChI=1S/C45H58ClN3O8S2Si/c1-44(2,3)60(6,7)57-37(33-17-19-35(50)42-34(33)18-20-40(51)48-42)28-47-27-29-25-32(54-5)26-36(41(29)46)55-22-10-21-49(4)30-13-15-31(16-14-30)56-43(52)45(53,38-11-8-23-58-38)39-12-9-24-59-39/h8-9,11-12,17-20,23-26,30-31,37,47,50,53H,10,13-16,21-22,27-28H2,1-7H3,(H,48,51)/t30-,31-,37-/m0/s1. The number of aromatic nitrogens is 1. The summed E-state index contributed by atoms with van der Waals surface area (Å²) in [7, 11) is 1.47. The molecule has 4 N–H and O–H groups in total. The third-order valence-corrected chi connectivity index (χ3v) is 18.8. The Kier molecular flexibility index (Phi) is 14.9. The minimum absolute atomic E-state index is 0.00532. The second-order valence-corrected chi connectivity index (χ2v) is 24.1. The number of fused-ring (bicyclic) bond motifs is 1. The fraction of sp³-hybridized carbons (Fsp3) is 0.467. The van der Waals surface area contributed by atoms with Gasteiger partial charge in [0.2, 0.25) is 11.2 Å². The summed E-state index contributed by atoms with van der Waals surface area (Å²) < 4.78 is 24.8. The van der Waals surface area contributed by atoms with Gasteiger partial charge in [-0.15, -0.1) is 22.7 Å². The van der Waals surface area contributed by atoms with E-state index in [-0.39, 0.29) is 28.6 Å². The number of halogens is 1. The average Bonchev–Trinajstić information content (AvgIpc) is 3.97. The van der Waals surface area contributed by atoms with Crippen molar-refractivity contribution in [1.82, 2.24) is 15.2 Å². The first-order valence-corrected chi connectivity index (χ1v) is 25.5. The topological polar surface area (TPSA) is 143 Å². The molecule has 0 amide bonds. The van der Waals surface area contributed by atoms with Crippen molar-refractivity contribution in [3.63, 3.8) is 0 Å². The summed E-state index contributed by atoms with van der Waals surface area (Å²) in [5, 5.41) is 30.6. The number of H-pyrrole nitrogens is 1. The van der Waals surface area contributed by atoms with Crippen LogP contribution in [-0.4, -0.2) is 80.4 Å². The Morgan fingerprint density at radius 2 is 1.72 bits per heavy atom. The zero-order chi connectivity index (χ0) is 43.2. The molecule has 1 fully saturated rings. The SMILES string of the molecule is COc1cc(CNC[C@H](O[Si](C)(C)C(C)(C)C)c2ccc(O)c3[nH]c(=O)ccc23)c(Cl)c(OCCCN(C)[C@H]2CC[C@H](OC(=O)C(O)(c3cccs3)c3cccs3)CC2)c1. The molecule has 3 aromatic heterocycles. The van der Waals surface area contributed by atoms with Gasteiger partial charge in [0.1, 0.15) is 23.4 Å². The lowest BCUT2D eigenvalue weighted by molar-refractivity contribution is -0.169. The van der Waals surface area contributed by atoms with E-state index in [4.69, 9.17) is 30.2 Å². The number of esters is 1. The van der Waals surface area contributed by atoms with Crippen LogP contribution in [0.3, 0.4) is 0 Å². The van der Waals surface area contributed by atoms with Crippen molar-refractivity contribution >= 4 is 59.5 Å². The maximum Gasteiger partial charge on any atom is 0.349 e. The molecule has 15 heteroatoms. The number of hydrogen-bond donors (Lipinski definition) is 4. The van der Waals surface area contributed by atoms with Crippen molar-refractivity contribution in [2.24, 2.45) is 0 Å². The van der Waals surface area contributed by atoms with Gasteiger partial charge < -0.3 is 44.1 Å². The van der Waals surface area contributed by atoms with Crippen LogP contribution in [0.25, 0.3) is 10.9 Å². The number of carbonyl (C=O) groups is 1. The lowest BCUT2D eigenvalue weighted by Gasteiger charge is -2.39. The largest absolute Gasteiger partial charge is 0.506 e. The predicted octanol–water partition coefficient (Wildman–Crippen LogP) is 9.36. The molecule has 60 heavy (non-hydrogen) atoms. The number of methoxy groups -OCH3 is 1. The van der Waals surface area contributed by atoms with Gasteiger partial charge in [0.25, 0.3) is 0 Å². The summed E-state index contributed by atoms with van der Waals surface area (Å²) in [5.41, 5.74) is -0.0197. The number of ether oxygens (including phenoxy) is 3. The van der Waals surface area contributed by atoms with Crippen LogP contribution in [0.4, 0.5) is 0 Å². The van der Waals surface area contributed by atoms with E-state index in [1.165, 1.54) is 28.7 Å². The number of carbonyl (C=O) groups excluding carboxylic acids is 1. The Balaban J connectivity index is 1.03. The van der Waals surface area contributed by atoms with Crippen molar-refractivity contribution < 1.29 is 33.6 Å². The third kappa shape index (κ3) is 10.5. The van der Waals surface area contributed by atoms with E-state index in [2.05, 4.69) is 56.1 Å². The Morgan fingerprint density at radius 1 is 1.03 bits per heavy atom. The quantitative estimate of drug-likeness (QED) is 0.0382. The second-order valence-electron chi connectivity index (χ2n) is 17.1. The van der Waals surface area contributed by atoms with Crippen LogP contribution in [0.1, 0.15) is 79.9 Å². The van der Waals surface area contributed by atoms with Crippen molar-refractivity contribution in [2.75, 3.05) is 33.9 Å². The van der Waals surface area contributed by atoms with E-state index in [0.717, 1.165) is 55.2 Å². The monoisotopic (exact) mass is 895 g/mol. The molecule has 0 radical (unpaired) electrons. The molecule has 0 aliphatic heterocycles. The number of nitrogens with zero attached hydrogens (tertiary/aromatic N) is 1. The minimum Gasteiger partial charge on any atom is -0.506 e. The van der Waals surface area contributed by atoms with Gasteiger partial charge in [-0.3, -0.25) is 4.79 Å². The zero-order valence-electron chi connectivity index (χ0n) is 35.5. The number of rotatable bonds is 18. The van der Waals surface area contributed by atoms with Crippen molar-refractivity contribution in [3.05, 3.63) is 108 Å². The minimum atomic E-state index is -2.27. The fourth-order valence-electron chi connectivity index (χ4n) is 7.41. The van der Waals surface area contributed by atoms with Crippen LogP contribution in [0, 0.1) is 0 Å². The Morgan fingerprint density at radius 3 is 2.33 bits per heavy atom. The van der Waals surface area contributed by atoms with Crippen LogP contribution < -0.4 is 20.3 Å². The number of phenolic OH excluding ortho intramolecular Hbond substituents is 1. The first kappa shape index (κ1) is 45.8. The van der Waals surface area contributed by atoms with Gasteiger partial charge in [-0.2, -0.15) is 0 Å². The van der Waals surface area contributed by atoms with E-state index in [9.17, 15) is 19.8 Å². The Bertz CT molecular complexity index is 2220. The average molecular weight is 897 g/mol. The number of benzene rings is 2. The molecule has 11 nitrogen and oxygen atoms in total. The molecular formula is C45H58ClN3O8S2Si. The molecular weight excluding hydrogens is 838 g/mol. The molecule has 1 aliphatic carbocycles. The number of thiophene rings is 2. The second kappa shape index (κ2) is 19.5. The van der Waals surface area contributed by atoms with Crippen molar-refractivity contribution in [2.45, 2.75) is 101 Å². The van der Waals surface area contributed by atoms with Gasteiger partial charge in [-0.1, -0.05) is 50.6 Å². The molecule has 2 aromatic carbocycles. The van der Waals surface area contributed by atoms with Crippen LogP contribution in [-0.2, 0) is 26.1 Å². The summed E-state index contributed by atoms with van der Waals surface area (Å²) >= 11 is 9.67. The fourth-order valence-corrected chi connectivity index (χ4v) is 10.6. The summed E-state index contributed by atoms with van der Waals surface area (Å²) in [6, 6.07) is 17.9. The van der Waals surface area contributed by atoms with Gasteiger partial charge in [0, 0.05) is 43.2 Å². The van der Waals surface area contributed by atoms with Gasteiger partial charge in [0.15, 0.2) is 8.32 Å². The molecule has 0 bridgehead atoms. The molecule has 3 heterocycles. The highest BCUT2D eigenvalue weighted by Gasteiger charge is 2.45. The lowest BCUT2D eigenvalue weighted by Crippen LogP contribution is -2.43. The molecule has 0 spiro atoms. The normalized spacial score (nSPS) is 16.9. The highest BCUT2D eigenvalue weighted by Crippen LogP contribution is 2.42. The van der Waals surface area contributed by atoms with Crippen LogP contribution in [0.15, 0.2) is 76.2 Å². The molecule has 1 saturated carbocycles. The van der Waals surface area contributed by atoms with Gasteiger partial charge in [-0.05, 0) is 110 Å². The molecule has 1 aliphatic rings. The maximum atomic E-state index is 13.5. The van der Waals surface area contributed by atoms with E-state index < -0.39 is 19.9 Å². The van der Waals surface area contributed by atoms with Gasteiger partial charge >= 0.3 is 5.97 Å². The molecule has 0 unspecified atom stereocenters. The first-order chi connectivity index (χ1) is 28.5. The lowest BCUT2D eigenvalue weighted by atomic mass is 9.91. The van der Waals surface area contributed by atoms with Crippen molar-refractivity contribution in [3.8, 4) is 17.2 Å². The predicted molar refractivity (Wildman–Crippen MR) is 243 cm³/mol. The number of aromatic amines is 1. The smallest absolute Gasteiger partial charge is 0.349 e. The van der Waals surface area contributed by atoms with E-state index in [0.29, 0.717) is 57.5 Å². The van der Waals surface area contributed by atoms with E-state index >= 15 is 0 Å². The zero-order valence-corrected chi connectivity index (χ0v) is 38.9. The Labute approximate surface area is 366 Å². The first-order valence-electron chi connectivity index (χ1n) is 20.5.